The third-order valence-corrected chi connectivity index (χ3v) is 6.01. The maximum Gasteiger partial charge on any atom is 0.251 e. The van der Waals surface area contributed by atoms with Crippen molar-refractivity contribution in [2.24, 2.45) is 5.92 Å². The average molecular weight is 485 g/mol. The molecular formula is C29H44N2O4. The number of fused-ring (bicyclic) bond motifs is 1. The number of allylic oxidation sites excluding steroid dienone is 3. The van der Waals surface area contributed by atoms with E-state index in [0.29, 0.717) is 29.5 Å². The Labute approximate surface area is 211 Å². The Balaban J connectivity index is 0.000000251. The number of carbonyl (C=O) groups is 2. The Morgan fingerprint density at radius 3 is 2.34 bits per heavy atom. The Bertz CT molecular complexity index is 877. The first-order valence-corrected chi connectivity index (χ1v) is 13.1. The van der Waals surface area contributed by atoms with E-state index >= 15 is 0 Å². The monoisotopic (exact) mass is 484 g/mol. The molecule has 1 fully saturated rings. The molecule has 6 nitrogen and oxygen atoms in total. The Kier molecular flexibility index (Phi) is 12.4. The molecule has 0 bridgehead atoms. The van der Waals surface area contributed by atoms with Crippen molar-refractivity contribution >= 4 is 11.8 Å². The van der Waals surface area contributed by atoms with Gasteiger partial charge in [0.05, 0.1) is 0 Å². The summed E-state index contributed by atoms with van der Waals surface area (Å²) in [5.74, 6) is 1.86. The fourth-order valence-electron chi connectivity index (χ4n) is 3.80. The van der Waals surface area contributed by atoms with E-state index in [0.717, 1.165) is 51.4 Å². The van der Waals surface area contributed by atoms with Crippen molar-refractivity contribution in [2.75, 3.05) is 13.3 Å². The summed E-state index contributed by atoms with van der Waals surface area (Å²) in [6.07, 6.45) is 12.9. The number of nitrogens with one attached hydrogen (secondary N) is 2. The Hall–Kier alpha value is -2.76. The minimum atomic E-state index is -0.0369. The third kappa shape index (κ3) is 11.0. The van der Waals surface area contributed by atoms with Crippen LogP contribution in [0.25, 0.3) is 0 Å². The highest BCUT2D eigenvalue weighted by Crippen LogP contribution is 2.32. The zero-order chi connectivity index (χ0) is 25.6. The van der Waals surface area contributed by atoms with Gasteiger partial charge in [-0.15, -0.1) is 0 Å². The number of amides is 2. The van der Waals surface area contributed by atoms with E-state index in [1.165, 1.54) is 11.1 Å². The van der Waals surface area contributed by atoms with Crippen LogP contribution in [-0.4, -0.2) is 31.2 Å². The van der Waals surface area contributed by atoms with Crippen molar-refractivity contribution < 1.29 is 19.1 Å². The van der Waals surface area contributed by atoms with Crippen molar-refractivity contribution in [1.29, 1.82) is 0 Å². The van der Waals surface area contributed by atoms with Crippen LogP contribution in [0.5, 0.6) is 11.5 Å². The van der Waals surface area contributed by atoms with Gasteiger partial charge in [0.15, 0.2) is 11.5 Å². The van der Waals surface area contributed by atoms with Crippen LogP contribution in [-0.2, 0) is 4.79 Å². The van der Waals surface area contributed by atoms with E-state index in [4.69, 9.17) is 9.47 Å². The molecule has 0 unspecified atom stereocenters. The van der Waals surface area contributed by atoms with Gasteiger partial charge in [0, 0.05) is 24.1 Å². The molecule has 0 saturated heterocycles. The molecule has 0 atom stereocenters. The summed E-state index contributed by atoms with van der Waals surface area (Å²) in [6.45, 7) is 11.6. The SMILES string of the molecule is CC(C)=CCC/C(C)=C/CNC(=O)C1CC1.CCCC(CCC)NC(=O)c1ccc2c(c1)OCO2. The van der Waals surface area contributed by atoms with Gasteiger partial charge in [-0.1, -0.05) is 50.0 Å². The quantitative estimate of drug-likeness (QED) is 0.340. The maximum atomic E-state index is 12.2. The maximum absolute atomic E-state index is 12.2. The molecule has 2 N–H and O–H groups in total. The molecule has 1 aromatic carbocycles. The molecule has 194 valence electrons. The van der Waals surface area contributed by atoms with Gasteiger partial charge in [-0.05, 0) is 77.5 Å². The normalized spacial score (nSPS) is 14.2. The molecule has 35 heavy (non-hydrogen) atoms. The summed E-state index contributed by atoms with van der Waals surface area (Å²) >= 11 is 0. The molecule has 1 heterocycles. The lowest BCUT2D eigenvalue weighted by Gasteiger charge is -2.17. The molecule has 3 rings (SSSR count). The molecule has 2 aliphatic rings. The summed E-state index contributed by atoms with van der Waals surface area (Å²) < 4.78 is 10.5. The number of hydrogen-bond donors (Lipinski definition) is 2. The van der Waals surface area contributed by atoms with Crippen LogP contribution in [0, 0.1) is 5.92 Å². The van der Waals surface area contributed by atoms with Crippen molar-refractivity contribution in [3.63, 3.8) is 0 Å². The zero-order valence-corrected chi connectivity index (χ0v) is 22.2. The van der Waals surface area contributed by atoms with E-state index in [-0.39, 0.29) is 24.6 Å². The molecule has 2 amide bonds. The van der Waals surface area contributed by atoms with Gasteiger partial charge in [0.1, 0.15) is 0 Å². The van der Waals surface area contributed by atoms with Gasteiger partial charge >= 0.3 is 0 Å². The Morgan fingerprint density at radius 1 is 1.03 bits per heavy atom. The number of benzene rings is 1. The van der Waals surface area contributed by atoms with E-state index in [1.807, 2.05) is 0 Å². The number of rotatable bonds is 12. The molecule has 1 aliphatic heterocycles. The predicted octanol–water partition coefficient (Wildman–Crippen LogP) is 6.32. The van der Waals surface area contributed by atoms with E-state index < -0.39 is 0 Å². The Morgan fingerprint density at radius 2 is 1.71 bits per heavy atom. The molecule has 1 aliphatic carbocycles. The summed E-state index contributed by atoms with van der Waals surface area (Å²) in [5.41, 5.74) is 3.35. The fourth-order valence-corrected chi connectivity index (χ4v) is 3.80. The van der Waals surface area contributed by atoms with Gasteiger partial charge < -0.3 is 20.1 Å². The van der Waals surface area contributed by atoms with Crippen molar-refractivity contribution in [2.45, 2.75) is 92.0 Å². The van der Waals surface area contributed by atoms with Crippen LogP contribution >= 0.6 is 0 Å². The first-order valence-electron chi connectivity index (χ1n) is 13.1. The van der Waals surface area contributed by atoms with Crippen molar-refractivity contribution in [3.8, 4) is 11.5 Å². The van der Waals surface area contributed by atoms with Gasteiger partial charge in [0.2, 0.25) is 12.7 Å². The van der Waals surface area contributed by atoms with Crippen LogP contribution < -0.4 is 20.1 Å². The first-order chi connectivity index (χ1) is 16.8. The van der Waals surface area contributed by atoms with Crippen LogP contribution in [0.15, 0.2) is 41.5 Å². The van der Waals surface area contributed by atoms with Crippen molar-refractivity contribution in [1.82, 2.24) is 10.6 Å². The smallest absolute Gasteiger partial charge is 0.251 e. The zero-order valence-electron chi connectivity index (χ0n) is 22.2. The largest absolute Gasteiger partial charge is 0.454 e. The summed E-state index contributed by atoms with van der Waals surface area (Å²) in [7, 11) is 0. The van der Waals surface area contributed by atoms with Crippen LogP contribution in [0.2, 0.25) is 0 Å². The second kappa shape index (κ2) is 15.3. The minimum Gasteiger partial charge on any atom is -0.454 e. The van der Waals surface area contributed by atoms with Crippen LogP contribution in [0.1, 0.15) is 96.3 Å². The summed E-state index contributed by atoms with van der Waals surface area (Å²) in [5, 5.41) is 6.03. The fraction of sp³-hybridized carbons (Fsp3) is 0.586. The molecule has 6 heteroatoms. The molecular weight excluding hydrogens is 440 g/mol. The lowest BCUT2D eigenvalue weighted by Crippen LogP contribution is -2.34. The van der Waals surface area contributed by atoms with Crippen LogP contribution in [0.4, 0.5) is 0 Å². The molecule has 0 spiro atoms. The number of ether oxygens (including phenoxy) is 2. The van der Waals surface area contributed by atoms with E-state index in [1.54, 1.807) is 18.2 Å². The second-order valence-electron chi connectivity index (χ2n) is 9.71. The highest BCUT2D eigenvalue weighted by Gasteiger charge is 2.28. The van der Waals surface area contributed by atoms with E-state index in [2.05, 4.69) is 57.4 Å². The second-order valence-corrected chi connectivity index (χ2v) is 9.71. The predicted molar refractivity (Wildman–Crippen MR) is 142 cm³/mol. The van der Waals surface area contributed by atoms with E-state index in [9.17, 15) is 9.59 Å². The molecule has 0 aromatic heterocycles. The van der Waals surface area contributed by atoms with Gasteiger partial charge in [-0.2, -0.15) is 0 Å². The number of hydrogen-bond acceptors (Lipinski definition) is 4. The topological polar surface area (TPSA) is 76.7 Å². The van der Waals surface area contributed by atoms with Gasteiger partial charge in [0.25, 0.3) is 5.91 Å². The van der Waals surface area contributed by atoms with Crippen molar-refractivity contribution in [3.05, 3.63) is 47.1 Å². The molecule has 0 radical (unpaired) electrons. The standard InChI is InChI=1S/C15H21NO3.C14H23NO/c1-3-5-12(6-4-2)16-15(17)11-7-8-13-14(9-11)19-10-18-13;1-11(2)5-4-6-12(3)9-10-15-14(16)13-7-8-13/h7-9,12H,3-6,10H2,1-2H3,(H,16,17);5,9,13H,4,6-8,10H2,1-3H3,(H,15,16)/b;12-9+. The van der Waals surface area contributed by atoms with Gasteiger partial charge in [-0.3, -0.25) is 9.59 Å². The lowest BCUT2D eigenvalue weighted by atomic mass is 10.1. The highest BCUT2D eigenvalue weighted by molar-refractivity contribution is 5.95. The summed E-state index contributed by atoms with van der Waals surface area (Å²) in [6, 6.07) is 5.56. The highest BCUT2D eigenvalue weighted by atomic mass is 16.7. The number of carbonyl (C=O) groups excluding carboxylic acids is 2. The average Bonchev–Trinajstić information content (AvgIpc) is 3.56. The molecule has 1 saturated carbocycles. The first kappa shape index (κ1) is 28.5. The molecule has 1 aromatic rings. The minimum absolute atomic E-state index is 0.0369. The lowest BCUT2D eigenvalue weighted by molar-refractivity contribution is -0.122. The third-order valence-electron chi connectivity index (χ3n) is 6.01. The van der Waals surface area contributed by atoms with Crippen LogP contribution in [0.3, 0.4) is 0 Å². The van der Waals surface area contributed by atoms with Gasteiger partial charge in [-0.25, -0.2) is 0 Å². The summed E-state index contributed by atoms with van der Waals surface area (Å²) in [4.78, 5) is 23.5.